The summed E-state index contributed by atoms with van der Waals surface area (Å²) in [6.45, 7) is 9.12. The molecule has 0 aliphatic rings. The van der Waals surface area contributed by atoms with Gasteiger partial charge >= 0.3 is 40.0 Å². The van der Waals surface area contributed by atoms with E-state index in [1.807, 2.05) is 30.3 Å². The van der Waals surface area contributed by atoms with Crippen LogP contribution in [0.25, 0.3) is 0 Å². The fourth-order valence-electron chi connectivity index (χ4n) is 1.77. The molecule has 0 aliphatic heterocycles. The van der Waals surface area contributed by atoms with Gasteiger partial charge in [0.05, 0.1) is 6.61 Å². The van der Waals surface area contributed by atoms with Gasteiger partial charge in [-0.05, 0) is 18.6 Å². The number of unbranched alkanes of at least 4 members (excludes halogenated alkanes) is 6. The van der Waals surface area contributed by atoms with Crippen molar-refractivity contribution in [3.8, 4) is 5.75 Å². The van der Waals surface area contributed by atoms with E-state index in [1.54, 1.807) is 0 Å². The predicted octanol–water partition coefficient (Wildman–Crippen LogP) is 4.32. The Bertz CT molecular complexity index is 443. The third kappa shape index (κ3) is 29.6. The molecule has 1 aromatic rings. The maximum absolute atomic E-state index is 8.74. The Labute approximate surface area is 169 Å². The van der Waals surface area contributed by atoms with Gasteiger partial charge in [0, 0.05) is 0 Å². The Balaban J connectivity index is -0.000000474. The molecule has 0 fully saturated rings. The molecule has 0 amide bonds. The first-order valence-corrected chi connectivity index (χ1v) is 9.21. The van der Waals surface area contributed by atoms with Crippen molar-refractivity contribution in [1.82, 2.24) is 0 Å². The normalized spacial score (nSPS) is 9.46. The van der Waals surface area contributed by atoms with Gasteiger partial charge in [0.1, 0.15) is 5.75 Å². The molecule has 24 heavy (non-hydrogen) atoms. The van der Waals surface area contributed by atoms with Gasteiger partial charge in [-0.15, -0.1) is 13.2 Å². The third-order valence-electron chi connectivity index (χ3n) is 2.76. The molecule has 0 bridgehead atoms. The number of benzene rings is 1. The zero-order valence-corrected chi connectivity index (χ0v) is 14.8. The summed E-state index contributed by atoms with van der Waals surface area (Å²) in [7, 11) is -4.67. The van der Waals surface area contributed by atoms with E-state index in [0.29, 0.717) is 0 Å². The summed E-state index contributed by atoms with van der Waals surface area (Å²) in [4.78, 5) is 0. The van der Waals surface area contributed by atoms with Crippen LogP contribution in [0.5, 0.6) is 5.75 Å². The van der Waals surface area contributed by atoms with Gasteiger partial charge in [0.2, 0.25) is 0 Å². The predicted molar refractivity (Wildman–Crippen MR) is 103 cm³/mol. The van der Waals surface area contributed by atoms with E-state index in [0.717, 1.165) is 12.4 Å². The fourth-order valence-corrected chi connectivity index (χ4v) is 1.77. The molecule has 136 valence electrons. The molecule has 0 aliphatic carbocycles. The van der Waals surface area contributed by atoms with Gasteiger partial charge in [-0.1, -0.05) is 63.6 Å². The van der Waals surface area contributed by atoms with Gasteiger partial charge < -0.3 is 4.74 Å². The summed E-state index contributed by atoms with van der Waals surface area (Å²) in [6, 6.07) is 10.1. The maximum atomic E-state index is 8.74. The molecular formula is C17H31NaO5S. The van der Waals surface area contributed by atoms with E-state index >= 15 is 0 Å². The molecule has 0 aromatic heterocycles. The molecular weight excluding hydrogens is 339 g/mol. The summed E-state index contributed by atoms with van der Waals surface area (Å²) in [5.74, 6) is 0.994. The Kier molecular flexibility index (Phi) is 24.5. The van der Waals surface area contributed by atoms with E-state index in [9.17, 15) is 0 Å². The van der Waals surface area contributed by atoms with Crippen LogP contribution in [0.1, 0.15) is 51.9 Å². The van der Waals surface area contributed by atoms with Crippen molar-refractivity contribution in [3.63, 3.8) is 0 Å². The van der Waals surface area contributed by atoms with Crippen LogP contribution >= 0.6 is 0 Å². The molecule has 1 aromatic carbocycles. The van der Waals surface area contributed by atoms with Gasteiger partial charge in [-0.2, -0.15) is 8.42 Å². The average Bonchev–Trinajstić information content (AvgIpc) is 2.51. The molecule has 5 nitrogen and oxygen atoms in total. The monoisotopic (exact) mass is 370 g/mol. The van der Waals surface area contributed by atoms with Crippen molar-refractivity contribution in [1.29, 1.82) is 0 Å². The minimum absolute atomic E-state index is 0. The van der Waals surface area contributed by atoms with Crippen molar-refractivity contribution in [3.05, 3.63) is 43.5 Å². The zero-order chi connectivity index (χ0) is 18.0. The third-order valence-corrected chi connectivity index (χ3v) is 2.76. The topological polar surface area (TPSA) is 83.8 Å². The van der Waals surface area contributed by atoms with Crippen molar-refractivity contribution in [2.24, 2.45) is 0 Å². The zero-order valence-electron chi connectivity index (χ0n) is 14.0. The van der Waals surface area contributed by atoms with Crippen LogP contribution in [0.3, 0.4) is 0 Å². The summed E-state index contributed by atoms with van der Waals surface area (Å²) in [5, 5.41) is 0. The van der Waals surface area contributed by atoms with Crippen LogP contribution < -0.4 is 4.74 Å². The van der Waals surface area contributed by atoms with Crippen LogP contribution in [-0.2, 0) is 10.4 Å². The first-order chi connectivity index (χ1) is 10.9. The molecule has 0 saturated carbocycles. The van der Waals surface area contributed by atoms with E-state index in [-0.39, 0.29) is 29.6 Å². The van der Waals surface area contributed by atoms with E-state index in [2.05, 4.69) is 20.1 Å². The Morgan fingerprint density at radius 1 is 0.917 bits per heavy atom. The Hall–Kier alpha value is -0.370. The molecule has 0 spiro atoms. The SMILES string of the molecule is C=C.CCCCCCCCCOc1ccccc1.O=S(=O)(O)O.[NaH]. The van der Waals surface area contributed by atoms with Crippen molar-refractivity contribution < 1.29 is 22.3 Å². The molecule has 0 heterocycles. The molecule has 1 rings (SSSR count). The van der Waals surface area contributed by atoms with Crippen LogP contribution in [0.4, 0.5) is 0 Å². The molecule has 0 atom stereocenters. The summed E-state index contributed by atoms with van der Waals surface area (Å²) in [5.41, 5.74) is 0. The summed E-state index contributed by atoms with van der Waals surface area (Å²) in [6.07, 6.45) is 9.35. The number of hydrogen-bond acceptors (Lipinski definition) is 3. The van der Waals surface area contributed by atoms with E-state index in [4.69, 9.17) is 22.3 Å². The van der Waals surface area contributed by atoms with Crippen molar-refractivity contribution in [2.45, 2.75) is 51.9 Å². The standard InChI is InChI=1S/C15H24O.C2H4.Na.H2O4S.H/c1-2-3-4-5-6-7-11-14-16-15-12-9-8-10-13-15;1-2;;1-5(2,3)4;/h8-10,12-13H,2-7,11,14H2,1H3;1-2H2;;(H2,1,2,3,4);. The number of hydrogen-bond donors (Lipinski definition) is 2. The van der Waals surface area contributed by atoms with Crippen molar-refractivity contribution >= 4 is 40.0 Å². The van der Waals surface area contributed by atoms with Crippen LogP contribution in [0, 0.1) is 0 Å². The van der Waals surface area contributed by atoms with Crippen LogP contribution in [0.15, 0.2) is 43.5 Å². The van der Waals surface area contributed by atoms with Crippen molar-refractivity contribution in [2.75, 3.05) is 6.61 Å². The van der Waals surface area contributed by atoms with Crippen LogP contribution in [-0.4, -0.2) is 53.7 Å². The quantitative estimate of drug-likeness (QED) is 0.293. The molecule has 7 heteroatoms. The van der Waals surface area contributed by atoms with Gasteiger partial charge in [0.25, 0.3) is 0 Å². The molecule has 0 saturated heterocycles. The second-order valence-electron chi connectivity index (χ2n) is 4.73. The fraction of sp³-hybridized carbons (Fsp3) is 0.529. The number of para-hydroxylation sites is 1. The second-order valence-corrected chi connectivity index (χ2v) is 5.63. The number of ether oxygens (including phenoxy) is 1. The van der Waals surface area contributed by atoms with Gasteiger partial charge in [-0.3, -0.25) is 9.11 Å². The Morgan fingerprint density at radius 2 is 1.33 bits per heavy atom. The summed E-state index contributed by atoms with van der Waals surface area (Å²) < 4.78 is 37.2. The Morgan fingerprint density at radius 3 is 1.79 bits per heavy atom. The summed E-state index contributed by atoms with van der Waals surface area (Å²) >= 11 is 0. The van der Waals surface area contributed by atoms with E-state index < -0.39 is 10.4 Å². The van der Waals surface area contributed by atoms with Gasteiger partial charge in [-0.25, -0.2) is 0 Å². The van der Waals surface area contributed by atoms with E-state index in [1.165, 1.54) is 44.9 Å². The second kappa shape index (κ2) is 20.7. The molecule has 2 N–H and O–H groups in total. The number of rotatable bonds is 9. The first kappa shape index (κ1) is 28.4. The van der Waals surface area contributed by atoms with Gasteiger partial charge in [0.15, 0.2) is 0 Å². The minimum atomic E-state index is -4.67. The molecule has 0 radical (unpaired) electrons. The first-order valence-electron chi connectivity index (χ1n) is 7.81. The van der Waals surface area contributed by atoms with Crippen LogP contribution in [0.2, 0.25) is 0 Å². The molecule has 0 unspecified atom stereocenters. The average molecular weight is 370 g/mol.